The number of esters is 1. The Labute approximate surface area is 114 Å². The van der Waals surface area contributed by atoms with Crippen LogP contribution in [0.1, 0.15) is 24.6 Å². The second-order valence-corrected chi connectivity index (χ2v) is 5.10. The lowest BCUT2D eigenvalue weighted by Crippen LogP contribution is -2.37. The average Bonchev–Trinajstić information content (AvgIpc) is 2.88. The maximum Gasteiger partial charge on any atom is 0.327 e. The minimum Gasteiger partial charge on any atom is -0.465 e. The Hall–Kier alpha value is -1.94. The van der Waals surface area contributed by atoms with E-state index >= 15 is 0 Å². The molecule has 0 spiro atoms. The molecule has 0 bridgehead atoms. The first-order valence-electron chi connectivity index (χ1n) is 5.69. The summed E-state index contributed by atoms with van der Waals surface area (Å²) in [4.78, 5) is 22.9. The molecule has 0 N–H and O–H groups in total. The Morgan fingerprint density at radius 2 is 2.42 bits per heavy atom. The molecule has 19 heavy (non-hydrogen) atoms. The summed E-state index contributed by atoms with van der Waals surface area (Å²) in [5.74, 6) is -1.54. The van der Waals surface area contributed by atoms with Gasteiger partial charge in [-0.25, -0.2) is 0 Å². The first kappa shape index (κ1) is 15.1. The van der Waals surface area contributed by atoms with Crippen molar-refractivity contribution in [2.45, 2.75) is 19.8 Å². The predicted molar refractivity (Wildman–Crippen MR) is 69.3 cm³/mol. The molecule has 1 aromatic rings. The molecule has 0 amide bonds. The van der Waals surface area contributed by atoms with E-state index in [1.807, 2.05) is 6.07 Å². The maximum absolute atomic E-state index is 12.0. The second-order valence-electron chi connectivity index (χ2n) is 4.12. The van der Waals surface area contributed by atoms with E-state index in [0.717, 1.165) is 0 Å². The standard InChI is InChI=1S/C12H14N2O4S/c1-3-18-11(15)12(2,8-13)9(7-14(16)17)10-5-4-6-19-10/h4-6,9H,3,7H2,1-2H3. The van der Waals surface area contributed by atoms with Gasteiger partial charge in [-0.05, 0) is 25.3 Å². The first-order chi connectivity index (χ1) is 8.95. The highest BCUT2D eigenvalue weighted by Crippen LogP contribution is 2.38. The van der Waals surface area contributed by atoms with Crippen LogP contribution in [-0.4, -0.2) is 24.0 Å². The molecule has 1 aromatic heterocycles. The van der Waals surface area contributed by atoms with E-state index in [9.17, 15) is 20.2 Å². The monoisotopic (exact) mass is 282 g/mol. The zero-order valence-corrected chi connectivity index (χ0v) is 11.5. The molecule has 0 saturated heterocycles. The van der Waals surface area contributed by atoms with E-state index in [-0.39, 0.29) is 6.61 Å². The highest BCUT2D eigenvalue weighted by molar-refractivity contribution is 7.10. The molecular weight excluding hydrogens is 268 g/mol. The molecule has 0 saturated carbocycles. The molecule has 2 unspecified atom stereocenters. The van der Waals surface area contributed by atoms with Crippen LogP contribution in [0.15, 0.2) is 17.5 Å². The molecular formula is C12H14N2O4S. The van der Waals surface area contributed by atoms with Gasteiger partial charge in [0.15, 0.2) is 5.41 Å². The third-order valence-corrected chi connectivity index (χ3v) is 3.83. The van der Waals surface area contributed by atoms with E-state index < -0.39 is 28.8 Å². The molecule has 102 valence electrons. The van der Waals surface area contributed by atoms with Crippen LogP contribution in [0, 0.1) is 26.9 Å². The summed E-state index contributed by atoms with van der Waals surface area (Å²) in [6, 6.07) is 5.30. The highest BCUT2D eigenvalue weighted by Gasteiger charge is 2.47. The minimum absolute atomic E-state index is 0.131. The van der Waals surface area contributed by atoms with Crippen LogP contribution >= 0.6 is 11.3 Å². The number of hydrogen-bond donors (Lipinski definition) is 0. The molecule has 7 heteroatoms. The van der Waals surface area contributed by atoms with Gasteiger partial charge in [0.2, 0.25) is 6.54 Å². The number of nitriles is 1. The summed E-state index contributed by atoms with van der Waals surface area (Å²) in [6.07, 6.45) is 0. The van der Waals surface area contributed by atoms with Crippen LogP contribution in [0.25, 0.3) is 0 Å². The summed E-state index contributed by atoms with van der Waals surface area (Å²) in [6.45, 7) is 2.66. The van der Waals surface area contributed by atoms with Gasteiger partial charge in [-0.1, -0.05) is 6.07 Å². The van der Waals surface area contributed by atoms with Gasteiger partial charge in [0.1, 0.15) is 0 Å². The fraction of sp³-hybridized carbons (Fsp3) is 0.500. The number of nitrogens with zero attached hydrogens (tertiary/aromatic N) is 2. The highest BCUT2D eigenvalue weighted by atomic mass is 32.1. The maximum atomic E-state index is 12.0. The zero-order valence-electron chi connectivity index (χ0n) is 10.7. The fourth-order valence-corrected chi connectivity index (χ4v) is 2.69. The SMILES string of the molecule is CCOC(=O)C(C)(C#N)C(C[N+](=O)[O-])c1cccs1. The molecule has 1 heterocycles. The number of nitro groups is 1. The first-order valence-corrected chi connectivity index (χ1v) is 6.57. The Balaban J connectivity index is 3.17. The van der Waals surface area contributed by atoms with Gasteiger partial charge in [0.25, 0.3) is 0 Å². The lowest BCUT2D eigenvalue weighted by molar-refractivity contribution is -0.485. The topological polar surface area (TPSA) is 93.2 Å². The van der Waals surface area contributed by atoms with Crippen molar-refractivity contribution in [3.05, 3.63) is 32.5 Å². The number of thiophene rings is 1. The largest absolute Gasteiger partial charge is 0.465 e. The second kappa shape index (κ2) is 6.29. The van der Waals surface area contributed by atoms with E-state index in [2.05, 4.69) is 0 Å². The number of hydrogen-bond acceptors (Lipinski definition) is 6. The Bertz CT molecular complexity index is 494. The molecule has 0 radical (unpaired) electrons. The molecule has 0 aliphatic carbocycles. The van der Waals surface area contributed by atoms with Gasteiger partial charge in [-0.3, -0.25) is 14.9 Å². The number of ether oxygens (including phenoxy) is 1. The number of rotatable bonds is 6. The third kappa shape index (κ3) is 3.29. The molecule has 0 aliphatic rings. The summed E-state index contributed by atoms with van der Waals surface area (Å²) in [5.41, 5.74) is -1.56. The molecule has 0 aromatic carbocycles. The molecule has 2 atom stereocenters. The molecule has 1 rings (SSSR count). The van der Waals surface area contributed by atoms with Crippen molar-refractivity contribution in [1.29, 1.82) is 5.26 Å². The lowest BCUT2D eigenvalue weighted by atomic mass is 9.77. The van der Waals surface area contributed by atoms with Crippen molar-refractivity contribution < 1.29 is 14.5 Å². The summed E-state index contributed by atoms with van der Waals surface area (Å²) in [7, 11) is 0. The summed E-state index contributed by atoms with van der Waals surface area (Å²) < 4.78 is 4.88. The van der Waals surface area contributed by atoms with Crippen LogP contribution < -0.4 is 0 Å². The van der Waals surface area contributed by atoms with Crippen LogP contribution in [0.3, 0.4) is 0 Å². The van der Waals surface area contributed by atoms with Gasteiger partial charge in [-0.2, -0.15) is 5.26 Å². The van der Waals surface area contributed by atoms with E-state index in [1.54, 1.807) is 24.4 Å². The van der Waals surface area contributed by atoms with Gasteiger partial charge in [0, 0.05) is 9.80 Å². The van der Waals surface area contributed by atoms with E-state index in [0.29, 0.717) is 4.88 Å². The van der Waals surface area contributed by atoms with E-state index in [4.69, 9.17) is 4.74 Å². The summed E-state index contributed by atoms with van der Waals surface area (Å²) in [5, 5.41) is 21.8. The predicted octanol–water partition coefficient (Wildman–Crippen LogP) is 2.20. The van der Waals surface area contributed by atoms with Crippen LogP contribution in [-0.2, 0) is 9.53 Å². The van der Waals surface area contributed by atoms with E-state index in [1.165, 1.54) is 18.3 Å². The van der Waals surface area contributed by atoms with Gasteiger partial charge >= 0.3 is 5.97 Å². The Morgan fingerprint density at radius 3 is 2.84 bits per heavy atom. The van der Waals surface area contributed by atoms with Gasteiger partial charge < -0.3 is 4.74 Å². The molecule has 6 nitrogen and oxygen atoms in total. The smallest absolute Gasteiger partial charge is 0.327 e. The van der Waals surface area contributed by atoms with Crippen LogP contribution in [0.2, 0.25) is 0 Å². The van der Waals surface area contributed by atoms with Crippen molar-refractivity contribution in [3.63, 3.8) is 0 Å². The van der Waals surface area contributed by atoms with Crippen molar-refractivity contribution in [1.82, 2.24) is 0 Å². The normalized spacial score (nSPS) is 15.0. The number of carbonyl (C=O) groups is 1. The average molecular weight is 282 g/mol. The van der Waals surface area contributed by atoms with Gasteiger partial charge in [0.05, 0.1) is 18.6 Å². The number of carbonyl (C=O) groups excluding carboxylic acids is 1. The Kier molecular flexibility index (Phi) is 5.01. The quantitative estimate of drug-likeness (QED) is 0.453. The van der Waals surface area contributed by atoms with Crippen molar-refractivity contribution in [2.24, 2.45) is 5.41 Å². The minimum atomic E-state index is -1.56. The lowest BCUT2D eigenvalue weighted by Gasteiger charge is -2.25. The Morgan fingerprint density at radius 1 is 1.74 bits per heavy atom. The molecule has 0 aliphatic heterocycles. The fourth-order valence-electron chi connectivity index (χ4n) is 1.74. The third-order valence-electron chi connectivity index (χ3n) is 2.85. The summed E-state index contributed by atoms with van der Waals surface area (Å²) >= 11 is 1.29. The van der Waals surface area contributed by atoms with Gasteiger partial charge in [-0.15, -0.1) is 11.3 Å². The van der Waals surface area contributed by atoms with Crippen LogP contribution in [0.4, 0.5) is 0 Å². The van der Waals surface area contributed by atoms with Crippen molar-refractivity contribution in [2.75, 3.05) is 13.2 Å². The van der Waals surface area contributed by atoms with Crippen LogP contribution in [0.5, 0.6) is 0 Å². The molecule has 0 fully saturated rings. The zero-order chi connectivity index (χ0) is 14.5. The van der Waals surface area contributed by atoms with Crippen molar-refractivity contribution >= 4 is 17.3 Å². The van der Waals surface area contributed by atoms with Crippen molar-refractivity contribution in [3.8, 4) is 6.07 Å².